The highest BCUT2D eigenvalue weighted by atomic mass is 14.8. The largest absolute Gasteiger partial charge is 0.361 e. The van der Waals surface area contributed by atoms with Crippen LogP contribution in [0.2, 0.25) is 0 Å². The van der Waals surface area contributed by atoms with Crippen molar-refractivity contribution in [3.63, 3.8) is 0 Å². The molecule has 2 heteroatoms. The number of nitrogens with one attached hydrogen (secondary N) is 1. The van der Waals surface area contributed by atoms with Gasteiger partial charge in [0.1, 0.15) is 6.54 Å². The lowest BCUT2D eigenvalue weighted by molar-refractivity contribution is -0.643. The van der Waals surface area contributed by atoms with Crippen LogP contribution in [0.15, 0.2) is 30.5 Å². The molecule has 0 saturated heterocycles. The van der Waals surface area contributed by atoms with Crippen LogP contribution in [-0.4, -0.2) is 18.1 Å². The third-order valence-corrected chi connectivity index (χ3v) is 2.55. The van der Waals surface area contributed by atoms with Crippen molar-refractivity contribution < 1.29 is 5.32 Å². The van der Waals surface area contributed by atoms with Crippen LogP contribution in [0, 0.1) is 12.3 Å². The van der Waals surface area contributed by atoms with Crippen LogP contribution in [-0.2, 0) is 6.42 Å². The molecule has 76 valence electrons. The number of quaternary nitrogens is 1. The summed E-state index contributed by atoms with van der Waals surface area (Å²) < 4.78 is 0. The quantitative estimate of drug-likeness (QED) is 0.542. The lowest BCUT2D eigenvalue weighted by Crippen LogP contribution is -2.84. The molecule has 2 aromatic rings. The Kier molecular flexibility index (Phi) is 3.06. The maximum atomic E-state index is 5.19. The van der Waals surface area contributed by atoms with E-state index in [9.17, 15) is 0 Å². The summed E-state index contributed by atoms with van der Waals surface area (Å²) in [6, 6.07) is 8.38. The predicted molar refractivity (Wildman–Crippen MR) is 62.5 cm³/mol. The molecule has 2 nitrogen and oxygen atoms in total. The first-order chi connectivity index (χ1) is 7.42. The number of rotatable bonds is 4. The van der Waals surface area contributed by atoms with Gasteiger partial charge in [0.25, 0.3) is 0 Å². The van der Waals surface area contributed by atoms with Crippen LogP contribution in [0.25, 0.3) is 10.9 Å². The number of hydrogen-bond donors (Lipinski definition) is 2. The Morgan fingerprint density at radius 2 is 2.20 bits per heavy atom. The summed E-state index contributed by atoms with van der Waals surface area (Å²) in [4.78, 5) is 3.27. The fourth-order valence-corrected chi connectivity index (χ4v) is 1.78. The van der Waals surface area contributed by atoms with Gasteiger partial charge in [0.05, 0.1) is 6.54 Å². The molecule has 0 atom stereocenters. The van der Waals surface area contributed by atoms with E-state index in [1.165, 1.54) is 16.5 Å². The number of benzene rings is 1. The van der Waals surface area contributed by atoms with Gasteiger partial charge in [0, 0.05) is 23.5 Å². The smallest absolute Gasteiger partial charge is 0.137 e. The SMILES string of the molecule is C#CC[NH2+]CCc1c[nH]c2ccccc12. The lowest BCUT2D eigenvalue weighted by Gasteiger charge is -1.97. The highest BCUT2D eigenvalue weighted by Crippen LogP contribution is 2.17. The number of nitrogens with two attached hydrogens (primary N) is 1. The second-order valence-electron chi connectivity index (χ2n) is 3.60. The van der Waals surface area contributed by atoms with E-state index in [1.807, 2.05) is 6.07 Å². The van der Waals surface area contributed by atoms with Crippen LogP contribution in [0.5, 0.6) is 0 Å². The Labute approximate surface area is 89.7 Å². The molecule has 0 aliphatic heterocycles. The van der Waals surface area contributed by atoms with Crippen LogP contribution >= 0.6 is 0 Å². The van der Waals surface area contributed by atoms with Crippen molar-refractivity contribution in [2.24, 2.45) is 0 Å². The van der Waals surface area contributed by atoms with E-state index in [2.05, 4.69) is 40.6 Å². The fraction of sp³-hybridized carbons (Fsp3) is 0.231. The number of aromatic amines is 1. The molecule has 1 heterocycles. The van der Waals surface area contributed by atoms with Crippen molar-refractivity contribution in [3.05, 3.63) is 36.0 Å². The van der Waals surface area contributed by atoms with Gasteiger partial charge in [-0.15, -0.1) is 6.42 Å². The number of fused-ring (bicyclic) bond motifs is 1. The number of terminal acetylenes is 1. The van der Waals surface area contributed by atoms with Crippen LogP contribution in [0.1, 0.15) is 5.56 Å². The van der Waals surface area contributed by atoms with Gasteiger partial charge in [0.2, 0.25) is 0 Å². The molecule has 2 rings (SSSR count). The van der Waals surface area contributed by atoms with Gasteiger partial charge in [-0.2, -0.15) is 0 Å². The Morgan fingerprint density at radius 3 is 3.07 bits per heavy atom. The van der Waals surface area contributed by atoms with E-state index in [0.29, 0.717) is 0 Å². The molecule has 3 N–H and O–H groups in total. The second-order valence-corrected chi connectivity index (χ2v) is 3.60. The molecule has 1 aromatic carbocycles. The van der Waals surface area contributed by atoms with Crippen molar-refractivity contribution in [3.8, 4) is 12.3 Å². The van der Waals surface area contributed by atoms with E-state index in [-0.39, 0.29) is 0 Å². The molecule has 0 fully saturated rings. The van der Waals surface area contributed by atoms with Gasteiger partial charge >= 0.3 is 0 Å². The molecular formula is C13H15N2+. The Morgan fingerprint density at radius 1 is 1.33 bits per heavy atom. The molecule has 0 aliphatic carbocycles. The molecular weight excluding hydrogens is 184 g/mol. The van der Waals surface area contributed by atoms with Crippen molar-refractivity contribution in [1.82, 2.24) is 4.98 Å². The molecule has 0 unspecified atom stereocenters. The van der Waals surface area contributed by atoms with E-state index >= 15 is 0 Å². The first kappa shape index (κ1) is 9.82. The minimum Gasteiger partial charge on any atom is -0.361 e. The third kappa shape index (κ3) is 2.20. The monoisotopic (exact) mass is 199 g/mol. The first-order valence-corrected chi connectivity index (χ1v) is 5.22. The topological polar surface area (TPSA) is 32.4 Å². The van der Waals surface area contributed by atoms with Crippen molar-refractivity contribution >= 4 is 10.9 Å². The minimum absolute atomic E-state index is 0.766. The number of aromatic nitrogens is 1. The molecule has 1 aromatic heterocycles. The summed E-state index contributed by atoms with van der Waals surface area (Å²) in [6.07, 6.45) is 8.34. The summed E-state index contributed by atoms with van der Waals surface area (Å²) >= 11 is 0. The number of H-pyrrole nitrogens is 1. The third-order valence-electron chi connectivity index (χ3n) is 2.55. The normalized spacial score (nSPS) is 10.3. The summed E-state index contributed by atoms with van der Waals surface area (Å²) in [5, 5.41) is 3.48. The molecule has 15 heavy (non-hydrogen) atoms. The summed E-state index contributed by atoms with van der Waals surface area (Å²) in [6.45, 7) is 1.81. The summed E-state index contributed by atoms with van der Waals surface area (Å²) in [5.41, 5.74) is 2.59. The maximum absolute atomic E-state index is 5.19. The zero-order chi connectivity index (χ0) is 10.5. The Hall–Kier alpha value is -1.72. The first-order valence-electron chi connectivity index (χ1n) is 5.22. The van der Waals surface area contributed by atoms with Crippen molar-refractivity contribution in [2.75, 3.05) is 13.1 Å². The molecule has 0 bridgehead atoms. The second kappa shape index (κ2) is 4.68. The van der Waals surface area contributed by atoms with Gasteiger partial charge < -0.3 is 10.3 Å². The molecule has 0 saturated carbocycles. The average molecular weight is 199 g/mol. The molecule has 0 amide bonds. The van der Waals surface area contributed by atoms with Crippen molar-refractivity contribution in [2.45, 2.75) is 6.42 Å². The predicted octanol–water partition coefficient (Wildman–Crippen LogP) is 0.907. The minimum atomic E-state index is 0.766. The van der Waals surface area contributed by atoms with E-state index in [4.69, 9.17) is 6.42 Å². The summed E-state index contributed by atoms with van der Waals surface area (Å²) in [5.74, 6) is 2.62. The van der Waals surface area contributed by atoms with Gasteiger partial charge in [-0.25, -0.2) is 0 Å². The Balaban J connectivity index is 2.05. The standard InChI is InChI=1S/C13H14N2/c1-2-8-14-9-7-11-10-15-13-6-4-3-5-12(11)13/h1,3-6,10,14-15H,7-9H2/p+1. The van der Waals surface area contributed by atoms with Crippen LogP contribution in [0.3, 0.4) is 0 Å². The summed E-state index contributed by atoms with van der Waals surface area (Å²) in [7, 11) is 0. The molecule has 0 radical (unpaired) electrons. The Bertz CT molecular complexity index is 476. The number of para-hydroxylation sites is 1. The van der Waals surface area contributed by atoms with Crippen LogP contribution < -0.4 is 5.32 Å². The van der Waals surface area contributed by atoms with E-state index < -0.39 is 0 Å². The zero-order valence-corrected chi connectivity index (χ0v) is 8.66. The molecule has 0 aliphatic rings. The van der Waals surface area contributed by atoms with Gasteiger partial charge in [-0.1, -0.05) is 18.2 Å². The van der Waals surface area contributed by atoms with E-state index in [0.717, 1.165) is 19.5 Å². The van der Waals surface area contributed by atoms with Gasteiger partial charge in [-0.3, -0.25) is 0 Å². The average Bonchev–Trinajstić information content (AvgIpc) is 2.68. The fourth-order valence-electron chi connectivity index (χ4n) is 1.78. The maximum Gasteiger partial charge on any atom is 0.137 e. The number of hydrogen-bond acceptors (Lipinski definition) is 0. The highest BCUT2D eigenvalue weighted by molar-refractivity contribution is 5.82. The van der Waals surface area contributed by atoms with Gasteiger partial charge in [0.15, 0.2) is 0 Å². The van der Waals surface area contributed by atoms with Gasteiger partial charge in [-0.05, 0) is 17.6 Å². The lowest BCUT2D eigenvalue weighted by atomic mass is 10.1. The van der Waals surface area contributed by atoms with Crippen molar-refractivity contribution in [1.29, 1.82) is 0 Å². The molecule has 0 spiro atoms. The van der Waals surface area contributed by atoms with Crippen LogP contribution in [0.4, 0.5) is 0 Å². The zero-order valence-electron chi connectivity index (χ0n) is 8.66. The van der Waals surface area contributed by atoms with E-state index in [1.54, 1.807) is 0 Å². The highest BCUT2D eigenvalue weighted by Gasteiger charge is 2.02.